The lowest BCUT2D eigenvalue weighted by atomic mass is 10.2. The molecule has 1 fully saturated rings. The van der Waals surface area contributed by atoms with Crippen LogP contribution in [0, 0.1) is 0 Å². The number of nitrogens with zero attached hydrogens (tertiary/aromatic N) is 2. The summed E-state index contributed by atoms with van der Waals surface area (Å²) >= 11 is 1.23. The molecule has 1 amide bonds. The average Bonchev–Trinajstić information content (AvgIpc) is 2.84. The first-order chi connectivity index (χ1) is 11.6. The number of benzene rings is 2. The number of carboxylic acids is 1. The Balaban J connectivity index is 1.95. The van der Waals surface area contributed by atoms with Gasteiger partial charge in [-0.1, -0.05) is 42.5 Å². The maximum Gasteiger partial charge on any atom is 0.337 e. The Morgan fingerprint density at radius 2 is 1.79 bits per heavy atom. The van der Waals surface area contributed by atoms with Gasteiger partial charge in [-0.15, -0.1) is 0 Å². The van der Waals surface area contributed by atoms with Crippen molar-refractivity contribution in [3.63, 3.8) is 0 Å². The SMILES string of the molecule is CN1C(=O)/C(=C/c2ccccc2)SC1=Nc1ccccc1C(=O)O. The number of amidine groups is 1. The third kappa shape index (κ3) is 3.23. The number of carboxylic acid groups (broad SMARTS) is 1. The topological polar surface area (TPSA) is 70.0 Å². The number of carbonyl (C=O) groups is 2. The van der Waals surface area contributed by atoms with Crippen molar-refractivity contribution in [1.29, 1.82) is 0 Å². The van der Waals surface area contributed by atoms with Gasteiger partial charge in [0.15, 0.2) is 5.17 Å². The molecule has 120 valence electrons. The molecule has 0 aromatic heterocycles. The average molecular weight is 338 g/mol. The lowest BCUT2D eigenvalue weighted by Gasteiger charge is -2.08. The van der Waals surface area contributed by atoms with E-state index in [1.54, 1.807) is 31.3 Å². The van der Waals surface area contributed by atoms with E-state index in [4.69, 9.17) is 0 Å². The number of rotatable bonds is 3. The number of likely N-dealkylation sites (N-methyl/N-ethyl adjacent to an activating group) is 1. The molecule has 1 heterocycles. The van der Waals surface area contributed by atoms with Crippen molar-refractivity contribution in [2.24, 2.45) is 4.99 Å². The van der Waals surface area contributed by atoms with Crippen LogP contribution < -0.4 is 0 Å². The van der Waals surface area contributed by atoms with E-state index in [1.165, 1.54) is 22.7 Å². The smallest absolute Gasteiger partial charge is 0.337 e. The predicted octanol–water partition coefficient (Wildman–Crippen LogP) is 3.62. The molecular formula is C18H14N2O3S. The van der Waals surface area contributed by atoms with Gasteiger partial charge in [0.1, 0.15) is 0 Å². The van der Waals surface area contributed by atoms with Gasteiger partial charge in [0.25, 0.3) is 5.91 Å². The predicted molar refractivity (Wildman–Crippen MR) is 95.3 cm³/mol. The summed E-state index contributed by atoms with van der Waals surface area (Å²) in [5.74, 6) is -1.21. The zero-order chi connectivity index (χ0) is 17.1. The molecule has 5 nitrogen and oxygen atoms in total. The van der Waals surface area contributed by atoms with E-state index >= 15 is 0 Å². The second-order valence-electron chi connectivity index (χ2n) is 5.10. The van der Waals surface area contributed by atoms with Crippen LogP contribution in [0.1, 0.15) is 15.9 Å². The summed E-state index contributed by atoms with van der Waals surface area (Å²) in [5.41, 5.74) is 1.36. The van der Waals surface area contributed by atoms with Gasteiger partial charge in [-0.2, -0.15) is 0 Å². The normalized spacial score (nSPS) is 17.7. The highest BCUT2D eigenvalue weighted by molar-refractivity contribution is 8.18. The number of thioether (sulfide) groups is 1. The van der Waals surface area contributed by atoms with E-state index in [-0.39, 0.29) is 11.5 Å². The number of aromatic carboxylic acids is 1. The van der Waals surface area contributed by atoms with E-state index < -0.39 is 5.97 Å². The third-order valence-corrected chi connectivity index (χ3v) is 4.51. The van der Waals surface area contributed by atoms with Gasteiger partial charge in [0, 0.05) is 7.05 Å². The third-order valence-electron chi connectivity index (χ3n) is 3.45. The lowest BCUT2D eigenvalue weighted by molar-refractivity contribution is -0.121. The first kappa shape index (κ1) is 16.0. The number of hydrogen-bond donors (Lipinski definition) is 1. The van der Waals surface area contributed by atoms with Crippen molar-refractivity contribution >= 4 is 40.6 Å². The summed E-state index contributed by atoms with van der Waals surface area (Å²) in [6.07, 6.45) is 1.80. The van der Waals surface area contributed by atoms with Crippen LogP contribution in [-0.2, 0) is 4.79 Å². The first-order valence-corrected chi connectivity index (χ1v) is 8.01. The zero-order valence-electron chi connectivity index (χ0n) is 12.8. The van der Waals surface area contributed by atoms with Gasteiger partial charge in [0.2, 0.25) is 0 Å². The quantitative estimate of drug-likeness (QED) is 0.868. The maximum absolute atomic E-state index is 12.4. The van der Waals surface area contributed by atoms with Crippen LogP contribution >= 0.6 is 11.8 Å². The van der Waals surface area contributed by atoms with Crippen LogP contribution in [0.5, 0.6) is 0 Å². The second kappa shape index (κ2) is 6.72. The van der Waals surface area contributed by atoms with Gasteiger partial charge in [0.05, 0.1) is 16.2 Å². The highest BCUT2D eigenvalue weighted by atomic mass is 32.2. The van der Waals surface area contributed by atoms with E-state index in [2.05, 4.69) is 4.99 Å². The molecule has 6 heteroatoms. The Morgan fingerprint density at radius 1 is 1.12 bits per heavy atom. The molecule has 1 N–H and O–H groups in total. The van der Waals surface area contributed by atoms with Crippen LogP contribution in [0.15, 0.2) is 64.5 Å². The summed E-state index contributed by atoms with van der Waals surface area (Å²) in [5, 5.41) is 9.69. The molecule has 2 aromatic carbocycles. The molecular weight excluding hydrogens is 324 g/mol. The van der Waals surface area contributed by atoms with Crippen molar-refractivity contribution in [3.05, 3.63) is 70.6 Å². The zero-order valence-corrected chi connectivity index (χ0v) is 13.7. The molecule has 1 aliphatic rings. The fourth-order valence-corrected chi connectivity index (χ4v) is 3.19. The van der Waals surface area contributed by atoms with Gasteiger partial charge in [-0.05, 0) is 35.5 Å². The maximum atomic E-state index is 12.4. The molecule has 1 saturated heterocycles. The fraction of sp³-hybridized carbons (Fsp3) is 0.0556. The van der Waals surface area contributed by atoms with Gasteiger partial charge in [-0.3, -0.25) is 9.69 Å². The number of aliphatic imine (C=N–C) groups is 1. The second-order valence-corrected chi connectivity index (χ2v) is 6.11. The van der Waals surface area contributed by atoms with Gasteiger partial charge >= 0.3 is 5.97 Å². The summed E-state index contributed by atoms with van der Waals surface area (Å²) in [6, 6.07) is 16.0. The van der Waals surface area contributed by atoms with Crippen LogP contribution in [0.2, 0.25) is 0 Å². The molecule has 0 spiro atoms. The number of para-hydroxylation sites is 1. The molecule has 0 bridgehead atoms. The summed E-state index contributed by atoms with van der Waals surface area (Å²) in [6.45, 7) is 0. The number of amides is 1. The van der Waals surface area contributed by atoms with Gasteiger partial charge in [-0.25, -0.2) is 9.79 Å². The van der Waals surface area contributed by atoms with Crippen LogP contribution in [0.4, 0.5) is 5.69 Å². The van der Waals surface area contributed by atoms with Crippen molar-refractivity contribution < 1.29 is 14.7 Å². The van der Waals surface area contributed by atoms with Crippen molar-refractivity contribution in [1.82, 2.24) is 4.90 Å². The lowest BCUT2D eigenvalue weighted by Crippen LogP contribution is -2.23. The standard InChI is InChI=1S/C18H14N2O3S/c1-20-16(21)15(11-12-7-3-2-4-8-12)24-18(20)19-14-10-6-5-9-13(14)17(22)23/h2-11H,1H3,(H,22,23)/b15-11-,19-18?. The summed E-state index contributed by atoms with van der Waals surface area (Å²) in [4.78, 5) is 30.0. The highest BCUT2D eigenvalue weighted by Crippen LogP contribution is 2.33. The largest absolute Gasteiger partial charge is 0.478 e. The van der Waals surface area contributed by atoms with Crippen molar-refractivity contribution in [2.45, 2.75) is 0 Å². The molecule has 3 rings (SSSR count). The van der Waals surface area contributed by atoms with Crippen molar-refractivity contribution in [3.8, 4) is 0 Å². The van der Waals surface area contributed by atoms with Crippen LogP contribution in [-0.4, -0.2) is 34.1 Å². The van der Waals surface area contributed by atoms with Crippen molar-refractivity contribution in [2.75, 3.05) is 7.05 Å². The monoisotopic (exact) mass is 338 g/mol. The summed E-state index contributed by atoms with van der Waals surface area (Å²) < 4.78 is 0. The molecule has 0 aliphatic carbocycles. The first-order valence-electron chi connectivity index (χ1n) is 7.20. The van der Waals surface area contributed by atoms with Crippen LogP contribution in [0.25, 0.3) is 6.08 Å². The molecule has 0 atom stereocenters. The van der Waals surface area contributed by atoms with E-state index in [9.17, 15) is 14.7 Å². The fourth-order valence-electron chi connectivity index (χ4n) is 2.21. The molecule has 0 radical (unpaired) electrons. The Morgan fingerprint density at radius 3 is 2.50 bits per heavy atom. The Labute approximate surface area is 143 Å². The number of carbonyl (C=O) groups excluding carboxylic acids is 1. The molecule has 24 heavy (non-hydrogen) atoms. The Bertz CT molecular complexity index is 860. The Hall–Kier alpha value is -2.86. The van der Waals surface area contributed by atoms with E-state index in [0.29, 0.717) is 15.8 Å². The molecule has 0 saturated carbocycles. The highest BCUT2D eigenvalue weighted by Gasteiger charge is 2.30. The minimum Gasteiger partial charge on any atom is -0.478 e. The van der Waals surface area contributed by atoms with E-state index in [1.807, 2.05) is 30.3 Å². The number of hydrogen-bond acceptors (Lipinski definition) is 4. The molecule has 0 unspecified atom stereocenters. The molecule has 2 aromatic rings. The molecule has 1 aliphatic heterocycles. The minimum atomic E-state index is -1.05. The van der Waals surface area contributed by atoms with Crippen LogP contribution in [0.3, 0.4) is 0 Å². The minimum absolute atomic E-state index is 0.104. The summed E-state index contributed by atoms with van der Waals surface area (Å²) in [7, 11) is 1.63. The van der Waals surface area contributed by atoms with Gasteiger partial charge < -0.3 is 5.11 Å². The van der Waals surface area contributed by atoms with E-state index in [0.717, 1.165) is 5.56 Å². The Kier molecular flexibility index (Phi) is 4.48.